The molecule has 0 saturated carbocycles. The topological polar surface area (TPSA) is 163 Å². The first-order chi connectivity index (χ1) is 23.7. The maximum atomic E-state index is 12.6. The van der Waals surface area contributed by atoms with E-state index in [-0.39, 0.29) is 42.2 Å². The number of aliphatic carboxylic acids is 1. The van der Waals surface area contributed by atoms with Crippen molar-refractivity contribution in [2.24, 2.45) is 5.92 Å². The molecule has 0 spiro atoms. The Morgan fingerprint density at radius 2 is 1.18 bits per heavy atom. The summed E-state index contributed by atoms with van der Waals surface area (Å²) < 4.78 is 10.7. The Labute approximate surface area is 295 Å². The second-order valence-electron chi connectivity index (χ2n) is 13.6. The molecule has 1 rings (SSSR count). The van der Waals surface area contributed by atoms with Crippen LogP contribution in [-0.2, 0) is 28.7 Å². The number of piperidine rings is 1. The van der Waals surface area contributed by atoms with Crippen LogP contribution in [0.5, 0.6) is 0 Å². The predicted octanol–water partition coefficient (Wildman–Crippen LogP) is 5.76. The molecule has 0 bridgehead atoms. The second kappa shape index (κ2) is 30.1. The van der Waals surface area contributed by atoms with Gasteiger partial charge in [0.05, 0.1) is 19.8 Å². The van der Waals surface area contributed by atoms with Crippen molar-refractivity contribution in [1.82, 2.24) is 20.9 Å². The van der Waals surface area contributed by atoms with Gasteiger partial charge in [0.25, 0.3) is 0 Å². The van der Waals surface area contributed by atoms with Crippen LogP contribution in [0.1, 0.15) is 142 Å². The van der Waals surface area contributed by atoms with Gasteiger partial charge in [-0.15, -0.1) is 0 Å². The van der Waals surface area contributed by atoms with E-state index in [1.54, 1.807) is 0 Å². The summed E-state index contributed by atoms with van der Waals surface area (Å²) in [6.45, 7) is 6.92. The Balaban J connectivity index is 1.89. The fourth-order valence-electron chi connectivity index (χ4n) is 5.70. The molecule has 1 fully saturated rings. The van der Waals surface area contributed by atoms with Gasteiger partial charge >= 0.3 is 12.0 Å². The average molecular weight is 697 g/mol. The van der Waals surface area contributed by atoms with E-state index in [4.69, 9.17) is 14.6 Å². The summed E-state index contributed by atoms with van der Waals surface area (Å²) in [7, 11) is 0. The summed E-state index contributed by atoms with van der Waals surface area (Å²) in [5.41, 5.74) is 0. The molecule has 0 aliphatic carbocycles. The number of carboxylic acid groups (broad SMARTS) is 1. The van der Waals surface area contributed by atoms with Crippen molar-refractivity contribution in [2.45, 2.75) is 148 Å². The van der Waals surface area contributed by atoms with Crippen LogP contribution in [-0.4, -0.2) is 98.3 Å². The van der Waals surface area contributed by atoms with E-state index in [0.29, 0.717) is 84.5 Å². The maximum Gasteiger partial charge on any atom is 0.315 e. The number of urea groups is 1. The molecule has 0 aromatic rings. The molecule has 12 heteroatoms. The van der Waals surface area contributed by atoms with E-state index in [0.717, 1.165) is 32.1 Å². The normalized spacial score (nSPS) is 13.4. The summed E-state index contributed by atoms with van der Waals surface area (Å²) in [4.78, 5) is 60.8. The number of unbranched alkanes of at least 4 members (excludes halogenated alkanes) is 13. The number of hydrogen-bond donors (Lipinski definition) is 4. The lowest BCUT2D eigenvalue weighted by Crippen LogP contribution is -2.49. The monoisotopic (exact) mass is 697 g/mol. The van der Waals surface area contributed by atoms with Crippen LogP contribution >= 0.6 is 0 Å². The van der Waals surface area contributed by atoms with E-state index < -0.39 is 5.97 Å². The van der Waals surface area contributed by atoms with Gasteiger partial charge < -0.3 is 35.4 Å². The number of ether oxygens (including phenoxy) is 2. The number of nitrogens with one attached hydrogen (secondary N) is 3. The molecule has 1 heterocycles. The van der Waals surface area contributed by atoms with Crippen molar-refractivity contribution in [3.05, 3.63) is 0 Å². The molecule has 12 nitrogen and oxygen atoms in total. The quantitative estimate of drug-likeness (QED) is 0.0666. The number of carbonyl (C=O) groups is 5. The number of nitrogens with zero attached hydrogens (tertiary/aromatic N) is 1. The molecule has 1 saturated heterocycles. The second-order valence-corrected chi connectivity index (χ2v) is 13.6. The van der Waals surface area contributed by atoms with Gasteiger partial charge in [-0.05, 0) is 32.1 Å². The summed E-state index contributed by atoms with van der Waals surface area (Å²) >= 11 is 0. The van der Waals surface area contributed by atoms with E-state index in [2.05, 4.69) is 16.0 Å². The molecule has 0 aromatic carbocycles. The van der Waals surface area contributed by atoms with Crippen LogP contribution in [0.4, 0.5) is 4.79 Å². The molecule has 1 aliphatic rings. The van der Waals surface area contributed by atoms with Crippen LogP contribution in [0.15, 0.2) is 0 Å². The van der Waals surface area contributed by atoms with Crippen molar-refractivity contribution in [3.63, 3.8) is 0 Å². The molecule has 1 aliphatic heterocycles. The van der Waals surface area contributed by atoms with Crippen LogP contribution in [0, 0.1) is 5.92 Å². The highest BCUT2D eigenvalue weighted by molar-refractivity contribution is 5.81. The van der Waals surface area contributed by atoms with Gasteiger partial charge in [-0.1, -0.05) is 90.9 Å². The highest BCUT2D eigenvalue weighted by Crippen LogP contribution is 2.14. The Morgan fingerprint density at radius 1 is 0.653 bits per heavy atom. The van der Waals surface area contributed by atoms with Crippen molar-refractivity contribution in [1.29, 1.82) is 0 Å². The lowest BCUT2D eigenvalue weighted by Gasteiger charge is -2.32. The van der Waals surface area contributed by atoms with Gasteiger partial charge in [0, 0.05) is 57.4 Å². The molecule has 0 radical (unpaired) electrons. The fraction of sp³-hybridized carbons (Fsp3) is 0.865. The van der Waals surface area contributed by atoms with E-state index in [1.807, 2.05) is 18.7 Å². The zero-order valence-electron chi connectivity index (χ0n) is 30.7. The minimum absolute atomic E-state index is 0.0205. The zero-order valence-corrected chi connectivity index (χ0v) is 30.7. The third kappa shape index (κ3) is 26.8. The van der Waals surface area contributed by atoms with Crippen molar-refractivity contribution >= 4 is 29.6 Å². The minimum atomic E-state index is -0.690. The number of rotatable bonds is 31. The molecule has 4 N–H and O–H groups in total. The first-order valence-electron chi connectivity index (χ1n) is 19.2. The summed E-state index contributed by atoms with van der Waals surface area (Å²) in [5, 5.41) is 17.3. The Hall–Kier alpha value is -2.73. The van der Waals surface area contributed by atoms with Gasteiger partial charge in [0.1, 0.15) is 6.61 Å². The summed E-state index contributed by atoms with van der Waals surface area (Å²) in [6.07, 6.45) is 19.5. The predicted molar refractivity (Wildman–Crippen MR) is 191 cm³/mol. The van der Waals surface area contributed by atoms with Gasteiger partial charge in [0.15, 0.2) is 5.78 Å². The summed E-state index contributed by atoms with van der Waals surface area (Å²) in [6, 6.07) is -0.229. The lowest BCUT2D eigenvalue weighted by atomic mass is 10.0. The average Bonchev–Trinajstić information content (AvgIpc) is 3.07. The van der Waals surface area contributed by atoms with Gasteiger partial charge in [-0.25, -0.2) is 4.79 Å². The van der Waals surface area contributed by atoms with Crippen LogP contribution < -0.4 is 16.0 Å². The van der Waals surface area contributed by atoms with Crippen molar-refractivity contribution < 1.29 is 38.6 Å². The number of carboxylic acids is 1. The van der Waals surface area contributed by atoms with E-state index >= 15 is 0 Å². The van der Waals surface area contributed by atoms with Gasteiger partial charge in [0.2, 0.25) is 11.8 Å². The smallest absolute Gasteiger partial charge is 0.315 e. The van der Waals surface area contributed by atoms with E-state index in [9.17, 15) is 24.0 Å². The third-order valence-corrected chi connectivity index (χ3v) is 8.91. The molecular formula is C37H68N4O8. The van der Waals surface area contributed by atoms with E-state index in [1.165, 1.54) is 57.8 Å². The molecule has 284 valence electrons. The Morgan fingerprint density at radius 3 is 1.73 bits per heavy atom. The highest BCUT2D eigenvalue weighted by atomic mass is 16.5. The fourth-order valence-corrected chi connectivity index (χ4v) is 5.70. The van der Waals surface area contributed by atoms with Crippen LogP contribution in [0.25, 0.3) is 0 Å². The van der Waals surface area contributed by atoms with Crippen molar-refractivity contribution in [2.75, 3.05) is 52.6 Å². The molecule has 0 unspecified atom stereocenters. The number of likely N-dealkylation sites (tertiary alicyclic amines) is 1. The van der Waals surface area contributed by atoms with Gasteiger partial charge in [-0.3, -0.25) is 19.2 Å². The molecule has 4 amide bonds. The minimum Gasteiger partial charge on any atom is -0.481 e. The zero-order chi connectivity index (χ0) is 36.0. The first-order valence-corrected chi connectivity index (χ1v) is 19.2. The number of carbonyl (C=O) groups excluding carboxylic acids is 4. The van der Waals surface area contributed by atoms with Crippen LogP contribution in [0.2, 0.25) is 0 Å². The van der Waals surface area contributed by atoms with Crippen molar-refractivity contribution in [3.8, 4) is 0 Å². The molecule has 0 atom stereocenters. The van der Waals surface area contributed by atoms with Gasteiger partial charge in [-0.2, -0.15) is 0 Å². The largest absolute Gasteiger partial charge is 0.481 e. The Bertz CT molecular complexity index is 909. The number of amides is 4. The maximum absolute atomic E-state index is 12.6. The summed E-state index contributed by atoms with van der Waals surface area (Å²) in [5.74, 6) is -0.507. The molecule has 49 heavy (non-hydrogen) atoms. The third-order valence-electron chi connectivity index (χ3n) is 8.91. The first kappa shape index (κ1) is 44.3. The highest BCUT2D eigenvalue weighted by Gasteiger charge is 2.23. The Kier molecular flexibility index (Phi) is 27.2. The number of Topliss-reactive ketones (excluding diaryl/α,β-unsaturated/α-hetero) is 1. The standard InChI is InChI=1S/C37H68N4O8/c1-31(2)33(42)30-49-29-28-48-27-24-39-37(47)40-32-21-25-41(26-22-32)35(44)19-17-23-38-34(43)18-15-13-11-9-7-5-3-4-6-8-10-12-14-16-20-36(45)46/h31-32H,3-30H2,1-2H3,(H,38,43)(H,45,46)(H2,39,40,47). The number of hydrogen-bond acceptors (Lipinski definition) is 7. The number of ketones is 1. The molecule has 0 aromatic heterocycles. The SMILES string of the molecule is CC(C)C(=O)COCCOCCNC(=O)NC1CCN(C(=O)CCCNC(=O)CCCCCCCCCCCCCCCCC(=O)O)CC1. The molecular weight excluding hydrogens is 628 g/mol. The lowest BCUT2D eigenvalue weighted by molar-refractivity contribution is -0.137. The van der Waals surface area contributed by atoms with Crippen LogP contribution in [0.3, 0.4) is 0 Å².